The summed E-state index contributed by atoms with van der Waals surface area (Å²) in [6.45, 7) is 3.30. The third-order valence-electron chi connectivity index (χ3n) is 3.24. The highest BCUT2D eigenvalue weighted by Crippen LogP contribution is 2.22. The SMILES string of the molecule is COC(=O)c1ccccc1S(=O)(=O)N1CCN[C@H](C)C1. The van der Waals surface area contributed by atoms with Crippen LogP contribution in [0.15, 0.2) is 29.2 Å². The largest absolute Gasteiger partial charge is 0.465 e. The molecule has 0 spiro atoms. The normalized spacial score (nSPS) is 20.6. The predicted octanol–water partition coefficient (Wildman–Crippen LogP) is 0.456. The first kappa shape index (κ1) is 15.0. The van der Waals surface area contributed by atoms with E-state index >= 15 is 0 Å². The van der Waals surface area contributed by atoms with Gasteiger partial charge in [-0.15, -0.1) is 0 Å². The molecule has 1 heterocycles. The third-order valence-corrected chi connectivity index (χ3v) is 5.16. The number of nitrogens with one attached hydrogen (secondary N) is 1. The van der Waals surface area contributed by atoms with Gasteiger partial charge in [-0.2, -0.15) is 4.31 Å². The van der Waals surface area contributed by atoms with Crippen LogP contribution in [-0.4, -0.2) is 51.5 Å². The fourth-order valence-electron chi connectivity index (χ4n) is 2.22. The Bertz CT molecular complexity index is 600. The lowest BCUT2D eigenvalue weighted by Crippen LogP contribution is -2.51. The lowest BCUT2D eigenvalue weighted by atomic mass is 10.2. The first-order chi connectivity index (χ1) is 9.46. The topological polar surface area (TPSA) is 75.7 Å². The van der Waals surface area contributed by atoms with Crippen molar-refractivity contribution in [2.75, 3.05) is 26.7 Å². The summed E-state index contributed by atoms with van der Waals surface area (Å²) in [5, 5.41) is 3.19. The van der Waals surface area contributed by atoms with E-state index in [1.807, 2.05) is 6.92 Å². The Balaban J connectivity index is 2.41. The maximum atomic E-state index is 12.7. The molecule has 0 unspecified atom stereocenters. The molecule has 0 radical (unpaired) electrons. The minimum Gasteiger partial charge on any atom is -0.465 e. The molecule has 0 aliphatic carbocycles. The van der Waals surface area contributed by atoms with E-state index in [4.69, 9.17) is 0 Å². The molecule has 1 aromatic carbocycles. The average molecular weight is 298 g/mol. The lowest BCUT2D eigenvalue weighted by Gasteiger charge is -2.31. The van der Waals surface area contributed by atoms with Gasteiger partial charge in [0.05, 0.1) is 17.6 Å². The Morgan fingerprint density at radius 2 is 2.10 bits per heavy atom. The van der Waals surface area contributed by atoms with Crippen LogP contribution in [0.3, 0.4) is 0 Å². The number of carbonyl (C=O) groups excluding carboxylic acids is 1. The first-order valence-corrected chi connectivity index (χ1v) is 7.81. The van der Waals surface area contributed by atoms with Crippen molar-refractivity contribution in [1.82, 2.24) is 9.62 Å². The Labute approximate surface area is 118 Å². The maximum absolute atomic E-state index is 12.7. The molecule has 0 aromatic heterocycles. The minimum absolute atomic E-state index is 0.000880. The minimum atomic E-state index is -3.69. The fraction of sp³-hybridized carbons (Fsp3) is 0.462. The summed E-state index contributed by atoms with van der Waals surface area (Å²) in [6.07, 6.45) is 0. The zero-order valence-electron chi connectivity index (χ0n) is 11.5. The number of ether oxygens (including phenoxy) is 1. The molecule has 1 atom stereocenters. The Morgan fingerprint density at radius 1 is 1.40 bits per heavy atom. The zero-order valence-corrected chi connectivity index (χ0v) is 12.3. The standard InChI is InChI=1S/C13H18N2O4S/c1-10-9-15(8-7-14-10)20(17,18)12-6-4-3-5-11(12)13(16)19-2/h3-6,10,14H,7-9H2,1-2H3/t10-/m1/s1. The van der Waals surface area contributed by atoms with Crippen molar-refractivity contribution in [1.29, 1.82) is 0 Å². The summed E-state index contributed by atoms with van der Waals surface area (Å²) in [6, 6.07) is 6.21. The number of esters is 1. The molecule has 1 aromatic rings. The van der Waals surface area contributed by atoms with Crippen LogP contribution in [-0.2, 0) is 14.8 Å². The van der Waals surface area contributed by atoms with E-state index < -0.39 is 16.0 Å². The molecular weight excluding hydrogens is 280 g/mol. The van der Waals surface area contributed by atoms with Gasteiger partial charge in [-0.1, -0.05) is 12.1 Å². The van der Waals surface area contributed by atoms with Gasteiger partial charge in [0, 0.05) is 25.7 Å². The van der Waals surface area contributed by atoms with Crippen LogP contribution < -0.4 is 5.32 Å². The molecule has 0 bridgehead atoms. The molecule has 1 fully saturated rings. The second kappa shape index (κ2) is 5.90. The first-order valence-electron chi connectivity index (χ1n) is 6.37. The van der Waals surface area contributed by atoms with E-state index in [9.17, 15) is 13.2 Å². The highest BCUT2D eigenvalue weighted by atomic mass is 32.2. The summed E-state index contributed by atoms with van der Waals surface area (Å²) >= 11 is 0. The molecule has 6 nitrogen and oxygen atoms in total. The van der Waals surface area contributed by atoms with Crippen molar-refractivity contribution < 1.29 is 17.9 Å². The Hall–Kier alpha value is -1.44. The molecule has 1 saturated heterocycles. The van der Waals surface area contributed by atoms with Crippen LogP contribution in [0.4, 0.5) is 0 Å². The number of carbonyl (C=O) groups is 1. The van der Waals surface area contributed by atoms with E-state index in [0.29, 0.717) is 19.6 Å². The summed E-state index contributed by atoms with van der Waals surface area (Å²) in [5.74, 6) is -0.646. The quantitative estimate of drug-likeness (QED) is 0.820. The van der Waals surface area contributed by atoms with Crippen LogP contribution in [0.25, 0.3) is 0 Å². The van der Waals surface area contributed by atoms with E-state index in [2.05, 4.69) is 10.1 Å². The van der Waals surface area contributed by atoms with Crippen LogP contribution in [0.2, 0.25) is 0 Å². The number of hydrogen-bond donors (Lipinski definition) is 1. The molecule has 1 aliphatic rings. The number of rotatable bonds is 3. The molecule has 1 aliphatic heterocycles. The summed E-state index contributed by atoms with van der Waals surface area (Å²) in [7, 11) is -2.45. The van der Waals surface area contributed by atoms with Gasteiger partial charge >= 0.3 is 5.97 Å². The summed E-state index contributed by atoms with van der Waals surface area (Å²) in [4.78, 5) is 11.7. The van der Waals surface area contributed by atoms with E-state index in [0.717, 1.165) is 0 Å². The second-order valence-corrected chi connectivity index (χ2v) is 6.61. The van der Waals surface area contributed by atoms with Crippen LogP contribution in [0.5, 0.6) is 0 Å². The molecule has 110 valence electrons. The fourth-order valence-corrected chi connectivity index (χ4v) is 3.93. The molecule has 1 N–H and O–H groups in total. The summed E-state index contributed by atoms with van der Waals surface area (Å²) in [5.41, 5.74) is 0.0705. The van der Waals surface area contributed by atoms with Crippen molar-refractivity contribution in [2.24, 2.45) is 0 Å². The molecule has 0 amide bonds. The average Bonchev–Trinajstić information content (AvgIpc) is 2.46. The highest BCUT2D eigenvalue weighted by Gasteiger charge is 2.31. The van der Waals surface area contributed by atoms with E-state index in [1.165, 1.54) is 23.5 Å². The molecular formula is C13H18N2O4S. The Kier molecular flexibility index (Phi) is 4.42. The van der Waals surface area contributed by atoms with Gasteiger partial charge in [0.25, 0.3) is 0 Å². The van der Waals surface area contributed by atoms with E-state index in [-0.39, 0.29) is 16.5 Å². The van der Waals surface area contributed by atoms with Gasteiger partial charge in [0.15, 0.2) is 0 Å². The number of sulfonamides is 1. The number of benzene rings is 1. The summed E-state index contributed by atoms with van der Waals surface area (Å²) < 4.78 is 31.4. The van der Waals surface area contributed by atoms with Crippen molar-refractivity contribution in [2.45, 2.75) is 17.9 Å². The lowest BCUT2D eigenvalue weighted by molar-refractivity contribution is 0.0596. The van der Waals surface area contributed by atoms with Gasteiger partial charge < -0.3 is 10.1 Å². The highest BCUT2D eigenvalue weighted by molar-refractivity contribution is 7.89. The van der Waals surface area contributed by atoms with Crippen LogP contribution in [0.1, 0.15) is 17.3 Å². The molecule has 2 rings (SSSR count). The molecule has 0 saturated carbocycles. The number of nitrogens with zero attached hydrogens (tertiary/aromatic N) is 1. The second-order valence-electron chi connectivity index (χ2n) is 4.71. The van der Waals surface area contributed by atoms with Gasteiger partial charge in [-0.05, 0) is 19.1 Å². The van der Waals surface area contributed by atoms with Gasteiger partial charge in [-0.3, -0.25) is 0 Å². The number of piperazine rings is 1. The molecule has 7 heteroatoms. The molecule has 20 heavy (non-hydrogen) atoms. The van der Waals surface area contributed by atoms with Gasteiger partial charge in [-0.25, -0.2) is 13.2 Å². The van der Waals surface area contributed by atoms with Gasteiger partial charge in [0.1, 0.15) is 0 Å². The number of hydrogen-bond acceptors (Lipinski definition) is 5. The third kappa shape index (κ3) is 2.84. The maximum Gasteiger partial charge on any atom is 0.339 e. The van der Waals surface area contributed by atoms with Crippen molar-refractivity contribution in [3.05, 3.63) is 29.8 Å². The predicted molar refractivity (Wildman–Crippen MR) is 74.0 cm³/mol. The van der Waals surface area contributed by atoms with Crippen LogP contribution in [0, 0.1) is 0 Å². The van der Waals surface area contributed by atoms with Crippen molar-refractivity contribution >= 4 is 16.0 Å². The van der Waals surface area contributed by atoms with E-state index in [1.54, 1.807) is 12.1 Å². The monoisotopic (exact) mass is 298 g/mol. The van der Waals surface area contributed by atoms with Crippen molar-refractivity contribution in [3.63, 3.8) is 0 Å². The zero-order chi connectivity index (χ0) is 14.8. The van der Waals surface area contributed by atoms with Crippen molar-refractivity contribution in [3.8, 4) is 0 Å². The van der Waals surface area contributed by atoms with Gasteiger partial charge in [0.2, 0.25) is 10.0 Å². The van der Waals surface area contributed by atoms with Crippen LogP contribution >= 0.6 is 0 Å². The smallest absolute Gasteiger partial charge is 0.339 e. The Morgan fingerprint density at radius 3 is 2.75 bits per heavy atom. The number of methoxy groups -OCH3 is 1.